The average molecular weight is 622 g/mol. The number of hydrogen-bond acceptors (Lipinski definition) is 0. The SMILES string of the molecule is CCCCCCCCCCCCCCCCCC[n+]1ccn(-c2ccccc2)c1CCCCCCCCCCCCCCCC. The molecule has 2 aromatic rings. The molecule has 258 valence electrons. The van der Waals surface area contributed by atoms with Gasteiger partial charge in [-0.25, -0.2) is 4.57 Å². The normalized spacial score (nSPS) is 11.5. The van der Waals surface area contributed by atoms with Crippen LogP contribution in [0, 0.1) is 0 Å². The predicted molar refractivity (Wildman–Crippen MR) is 200 cm³/mol. The fraction of sp³-hybridized carbons (Fsp3) is 0.791. The molecule has 0 fully saturated rings. The first-order valence-electron chi connectivity index (χ1n) is 20.5. The Bertz CT molecular complexity index is 869. The van der Waals surface area contributed by atoms with Crippen LogP contribution in [0.4, 0.5) is 0 Å². The van der Waals surface area contributed by atoms with Crippen molar-refractivity contribution in [2.45, 2.75) is 219 Å². The Labute approximate surface area is 282 Å². The molecule has 0 unspecified atom stereocenters. The third-order valence-corrected chi connectivity index (χ3v) is 10.0. The lowest BCUT2D eigenvalue weighted by Gasteiger charge is -2.07. The van der Waals surface area contributed by atoms with Crippen molar-refractivity contribution >= 4 is 0 Å². The van der Waals surface area contributed by atoms with Crippen molar-refractivity contribution in [3.8, 4) is 5.69 Å². The van der Waals surface area contributed by atoms with E-state index in [4.69, 9.17) is 0 Å². The number of imidazole rings is 1. The summed E-state index contributed by atoms with van der Waals surface area (Å²) in [5.74, 6) is 1.50. The molecule has 0 aliphatic heterocycles. The monoisotopic (exact) mass is 622 g/mol. The smallest absolute Gasteiger partial charge is 0.234 e. The van der Waals surface area contributed by atoms with Crippen LogP contribution >= 0.6 is 0 Å². The van der Waals surface area contributed by atoms with Crippen LogP contribution in [0.1, 0.15) is 212 Å². The number of aromatic nitrogens is 2. The zero-order valence-electron chi connectivity index (χ0n) is 30.6. The molecule has 2 rings (SSSR count). The van der Waals surface area contributed by atoms with Crippen molar-refractivity contribution < 1.29 is 4.57 Å². The second-order valence-corrected chi connectivity index (χ2v) is 14.3. The molecule has 0 atom stereocenters. The van der Waals surface area contributed by atoms with E-state index in [9.17, 15) is 0 Å². The van der Waals surface area contributed by atoms with Gasteiger partial charge in [0, 0.05) is 6.42 Å². The van der Waals surface area contributed by atoms with Crippen LogP contribution in [0.15, 0.2) is 42.7 Å². The first-order valence-corrected chi connectivity index (χ1v) is 20.5. The van der Waals surface area contributed by atoms with Gasteiger partial charge in [0.15, 0.2) is 0 Å². The van der Waals surface area contributed by atoms with Gasteiger partial charge in [-0.2, -0.15) is 4.57 Å². The summed E-state index contributed by atoms with van der Waals surface area (Å²) in [6, 6.07) is 11.0. The molecule has 1 aromatic carbocycles. The minimum absolute atomic E-state index is 1.17. The van der Waals surface area contributed by atoms with Crippen molar-refractivity contribution in [3.63, 3.8) is 0 Å². The van der Waals surface area contributed by atoms with E-state index in [2.05, 4.69) is 65.7 Å². The highest BCUT2D eigenvalue weighted by molar-refractivity contribution is 5.31. The molecule has 45 heavy (non-hydrogen) atoms. The highest BCUT2D eigenvalue weighted by atomic mass is 15.1. The number of nitrogens with zero attached hydrogens (tertiary/aromatic N) is 2. The highest BCUT2D eigenvalue weighted by Crippen LogP contribution is 2.17. The largest absolute Gasteiger partial charge is 0.261 e. The Balaban J connectivity index is 1.54. The van der Waals surface area contributed by atoms with Gasteiger partial charge in [0.05, 0.1) is 6.54 Å². The van der Waals surface area contributed by atoms with Crippen LogP contribution in [0.3, 0.4) is 0 Å². The molecule has 1 aromatic heterocycles. The molecule has 2 heteroatoms. The van der Waals surface area contributed by atoms with Crippen LogP contribution < -0.4 is 4.57 Å². The van der Waals surface area contributed by atoms with E-state index in [-0.39, 0.29) is 0 Å². The van der Waals surface area contributed by atoms with Crippen molar-refractivity contribution in [2.24, 2.45) is 0 Å². The second-order valence-electron chi connectivity index (χ2n) is 14.3. The van der Waals surface area contributed by atoms with Gasteiger partial charge in [0.2, 0.25) is 0 Å². The molecule has 0 bridgehead atoms. The first kappa shape index (κ1) is 39.6. The molecule has 0 aliphatic rings. The zero-order chi connectivity index (χ0) is 31.9. The molecule has 2 nitrogen and oxygen atoms in total. The van der Waals surface area contributed by atoms with Gasteiger partial charge >= 0.3 is 0 Å². The van der Waals surface area contributed by atoms with E-state index in [1.54, 1.807) is 0 Å². The van der Waals surface area contributed by atoms with Gasteiger partial charge in [0.1, 0.15) is 18.1 Å². The number of rotatable bonds is 33. The molecule has 0 saturated carbocycles. The summed E-state index contributed by atoms with van der Waals surface area (Å²) in [7, 11) is 0. The molecule has 0 radical (unpaired) electrons. The van der Waals surface area contributed by atoms with Gasteiger partial charge in [0.25, 0.3) is 5.82 Å². The fourth-order valence-corrected chi connectivity index (χ4v) is 7.06. The summed E-state index contributed by atoms with van der Waals surface area (Å²) in [6.45, 7) is 5.79. The maximum atomic E-state index is 2.57. The Morgan fingerprint density at radius 2 is 0.778 bits per heavy atom. The van der Waals surface area contributed by atoms with Gasteiger partial charge in [-0.3, -0.25) is 0 Å². The topological polar surface area (TPSA) is 8.81 Å². The average Bonchev–Trinajstić information content (AvgIpc) is 3.47. The van der Waals surface area contributed by atoms with Crippen LogP contribution in [0.5, 0.6) is 0 Å². The van der Waals surface area contributed by atoms with Gasteiger partial charge in [-0.05, 0) is 31.4 Å². The van der Waals surface area contributed by atoms with Crippen molar-refractivity contribution in [3.05, 3.63) is 48.5 Å². The summed E-state index contributed by atoms with van der Waals surface area (Å²) in [6.07, 6.45) is 48.7. The number of unbranched alkanes of at least 4 members (excludes halogenated alkanes) is 28. The van der Waals surface area contributed by atoms with E-state index in [0.29, 0.717) is 0 Å². The third-order valence-electron chi connectivity index (χ3n) is 10.0. The Hall–Kier alpha value is -1.57. The fourth-order valence-electron chi connectivity index (χ4n) is 7.06. The summed E-state index contributed by atoms with van der Waals surface area (Å²) in [4.78, 5) is 0. The Morgan fingerprint density at radius 3 is 1.18 bits per heavy atom. The number of para-hydroxylation sites is 1. The molecule has 0 N–H and O–H groups in total. The van der Waals surface area contributed by atoms with Gasteiger partial charge < -0.3 is 0 Å². The van der Waals surface area contributed by atoms with Crippen LogP contribution in [-0.4, -0.2) is 4.57 Å². The third kappa shape index (κ3) is 21.0. The highest BCUT2D eigenvalue weighted by Gasteiger charge is 2.18. The molecule has 0 amide bonds. The quantitative estimate of drug-likeness (QED) is 0.0554. The van der Waals surface area contributed by atoms with E-state index >= 15 is 0 Å². The maximum absolute atomic E-state index is 2.57. The van der Waals surface area contributed by atoms with Gasteiger partial charge in [-0.15, -0.1) is 0 Å². The second kappa shape index (κ2) is 29.8. The number of benzene rings is 1. The van der Waals surface area contributed by atoms with Crippen molar-refractivity contribution in [1.29, 1.82) is 0 Å². The molecule has 0 aliphatic carbocycles. The lowest BCUT2D eigenvalue weighted by atomic mass is 10.0. The summed E-state index contributed by atoms with van der Waals surface area (Å²) in [5.41, 5.74) is 1.31. The number of aryl methyl sites for hydroxylation is 1. The summed E-state index contributed by atoms with van der Waals surface area (Å²) in [5, 5.41) is 0. The zero-order valence-corrected chi connectivity index (χ0v) is 30.6. The van der Waals surface area contributed by atoms with E-state index < -0.39 is 0 Å². The van der Waals surface area contributed by atoms with Crippen molar-refractivity contribution in [1.82, 2.24) is 4.57 Å². The van der Waals surface area contributed by atoms with Gasteiger partial charge in [-0.1, -0.05) is 205 Å². The van der Waals surface area contributed by atoms with Crippen LogP contribution in [-0.2, 0) is 13.0 Å². The summed E-state index contributed by atoms with van der Waals surface area (Å²) >= 11 is 0. The standard InChI is InChI=1S/C43H77N2/c1-3-5-7-9-11-13-15-17-19-20-22-24-26-28-30-35-39-44-40-41-45(42-36-32-31-33-37-42)43(44)38-34-29-27-25-23-21-18-16-14-12-10-8-6-4-2/h31-33,36-37,40-41H,3-30,34-35,38-39H2,1-2H3/q+1. The minimum atomic E-state index is 1.17. The minimum Gasteiger partial charge on any atom is -0.234 e. The first-order chi connectivity index (χ1) is 22.4. The molecule has 1 heterocycles. The lowest BCUT2D eigenvalue weighted by Crippen LogP contribution is -2.37. The van der Waals surface area contributed by atoms with Crippen LogP contribution in [0.25, 0.3) is 5.69 Å². The van der Waals surface area contributed by atoms with E-state index in [0.717, 1.165) is 0 Å². The maximum Gasteiger partial charge on any atom is 0.261 e. The van der Waals surface area contributed by atoms with E-state index in [1.807, 2.05) is 0 Å². The summed E-state index contributed by atoms with van der Waals surface area (Å²) < 4.78 is 5.02. The van der Waals surface area contributed by atoms with E-state index in [1.165, 1.54) is 217 Å². The molecule has 0 saturated heterocycles. The van der Waals surface area contributed by atoms with Crippen molar-refractivity contribution in [2.75, 3.05) is 0 Å². The molecular weight excluding hydrogens is 544 g/mol. The predicted octanol–water partition coefficient (Wildman–Crippen LogP) is 14.1. The molecule has 0 spiro atoms. The lowest BCUT2D eigenvalue weighted by molar-refractivity contribution is -0.704. The Kier molecular flexibility index (Phi) is 26.2. The Morgan fingerprint density at radius 1 is 0.422 bits per heavy atom. The number of hydrogen-bond donors (Lipinski definition) is 0. The van der Waals surface area contributed by atoms with Crippen LogP contribution in [0.2, 0.25) is 0 Å². The molecular formula is C43H77N2+.